The summed E-state index contributed by atoms with van der Waals surface area (Å²) in [5.41, 5.74) is 7.68. The van der Waals surface area contributed by atoms with Gasteiger partial charge in [0.15, 0.2) is 0 Å². The fourth-order valence-electron chi connectivity index (χ4n) is 1.32. The van der Waals surface area contributed by atoms with Gasteiger partial charge in [-0.05, 0) is 42.4 Å². The molecule has 0 atom stereocenters. The molecule has 0 aliphatic rings. The maximum Gasteiger partial charge on any atom is 0.116 e. The monoisotopic (exact) mass is 232 g/mol. The second-order valence-corrected chi connectivity index (χ2v) is 4.35. The van der Waals surface area contributed by atoms with Gasteiger partial charge in [-0.15, -0.1) is 0 Å². The molecular formula is C11H12N4S. The molecule has 0 aliphatic heterocycles. The van der Waals surface area contributed by atoms with Crippen LogP contribution < -0.4 is 5.73 Å². The maximum atomic E-state index is 5.62. The van der Waals surface area contributed by atoms with Crippen molar-refractivity contribution in [3.8, 4) is 0 Å². The lowest BCUT2D eigenvalue weighted by molar-refractivity contribution is 0.979. The first kappa shape index (κ1) is 11.0. The summed E-state index contributed by atoms with van der Waals surface area (Å²) in [6.45, 7) is 2.49. The van der Waals surface area contributed by atoms with E-state index in [0.717, 1.165) is 21.3 Å². The molecule has 82 valence electrons. The quantitative estimate of drug-likeness (QED) is 0.817. The Hall–Kier alpha value is -1.46. The van der Waals surface area contributed by atoms with E-state index in [0.29, 0.717) is 6.54 Å². The molecule has 0 saturated heterocycles. The standard InChI is InChI=1S/C11H12N4S/c1-8-4-9(6-12)5-11(15-8)16-10-2-3-13-7-14-10/h2-5,7H,6,12H2,1H3. The highest BCUT2D eigenvalue weighted by atomic mass is 32.2. The van der Waals surface area contributed by atoms with Gasteiger partial charge in [0, 0.05) is 18.4 Å². The number of aromatic nitrogens is 3. The highest BCUT2D eigenvalue weighted by Gasteiger charge is 2.02. The highest BCUT2D eigenvalue weighted by Crippen LogP contribution is 2.24. The molecule has 5 heteroatoms. The zero-order chi connectivity index (χ0) is 11.4. The Morgan fingerprint density at radius 1 is 1.31 bits per heavy atom. The van der Waals surface area contributed by atoms with Gasteiger partial charge in [-0.3, -0.25) is 0 Å². The third-order valence-corrected chi connectivity index (χ3v) is 2.86. The Morgan fingerprint density at radius 3 is 2.88 bits per heavy atom. The molecule has 0 fully saturated rings. The van der Waals surface area contributed by atoms with Crippen molar-refractivity contribution in [1.82, 2.24) is 15.0 Å². The van der Waals surface area contributed by atoms with Gasteiger partial charge < -0.3 is 5.73 Å². The van der Waals surface area contributed by atoms with Crippen molar-refractivity contribution < 1.29 is 0 Å². The van der Waals surface area contributed by atoms with Crippen molar-refractivity contribution in [1.29, 1.82) is 0 Å². The SMILES string of the molecule is Cc1cc(CN)cc(Sc2ccncn2)n1. The molecule has 2 rings (SSSR count). The van der Waals surface area contributed by atoms with E-state index in [2.05, 4.69) is 15.0 Å². The van der Waals surface area contributed by atoms with Crippen LogP contribution in [0.15, 0.2) is 40.8 Å². The predicted octanol–water partition coefficient (Wildman–Crippen LogP) is 1.79. The first-order chi connectivity index (χ1) is 7.78. The van der Waals surface area contributed by atoms with Gasteiger partial charge in [0.05, 0.1) is 0 Å². The topological polar surface area (TPSA) is 64.7 Å². The molecule has 0 aliphatic carbocycles. The average Bonchev–Trinajstić information content (AvgIpc) is 2.29. The van der Waals surface area contributed by atoms with E-state index in [1.807, 2.05) is 25.1 Å². The molecular weight excluding hydrogens is 220 g/mol. The zero-order valence-corrected chi connectivity index (χ0v) is 9.74. The van der Waals surface area contributed by atoms with Crippen molar-refractivity contribution in [3.63, 3.8) is 0 Å². The van der Waals surface area contributed by atoms with Crippen LogP contribution in [0.2, 0.25) is 0 Å². The maximum absolute atomic E-state index is 5.62. The first-order valence-electron chi connectivity index (χ1n) is 4.89. The van der Waals surface area contributed by atoms with Crippen LogP contribution in [-0.4, -0.2) is 15.0 Å². The van der Waals surface area contributed by atoms with E-state index in [-0.39, 0.29) is 0 Å². The molecule has 16 heavy (non-hydrogen) atoms. The summed E-state index contributed by atoms with van der Waals surface area (Å²) in [5, 5.41) is 1.80. The largest absolute Gasteiger partial charge is 0.326 e. The molecule has 2 aromatic heterocycles. The number of hydrogen-bond donors (Lipinski definition) is 1. The van der Waals surface area contributed by atoms with Gasteiger partial charge in [0.25, 0.3) is 0 Å². The van der Waals surface area contributed by atoms with E-state index in [1.165, 1.54) is 18.1 Å². The summed E-state index contributed by atoms with van der Waals surface area (Å²) in [4.78, 5) is 12.4. The number of rotatable bonds is 3. The van der Waals surface area contributed by atoms with Crippen LogP contribution >= 0.6 is 11.8 Å². The minimum atomic E-state index is 0.528. The summed E-state index contributed by atoms with van der Waals surface area (Å²) in [5.74, 6) is 0. The molecule has 0 spiro atoms. The van der Waals surface area contributed by atoms with E-state index < -0.39 is 0 Å². The van der Waals surface area contributed by atoms with Crippen molar-refractivity contribution in [2.45, 2.75) is 23.5 Å². The summed E-state index contributed by atoms with van der Waals surface area (Å²) in [6, 6.07) is 5.83. The van der Waals surface area contributed by atoms with Gasteiger partial charge >= 0.3 is 0 Å². The Labute approximate surface area is 98.3 Å². The van der Waals surface area contributed by atoms with Crippen molar-refractivity contribution in [2.75, 3.05) is 0 Å². The van der Waals surface area contributed by atoms with Crippen molar-refractivity contribution in [3.05, 3.63) is 42.0 Å². The van der Waals surface area contributed by atoms with Crippen LogP contribution in [0, 0.1) is 6.92 Å². The normalized spacial score (nSPS) is 10.4. The first-order valence-corrected chi connectivity index (χ1v) is 5.71. The van der Waals surface area contributed by atoms with Crippen LogP contribution in [0.25, 0.3) is 0 Å². The molecule has 2 N–H and O–H groups in total. The fraction of sp³-hybridized carbons (Fsp3) is 0.182. The highest BCUT2D eigenvalue weighted by molar-refractivity contribution is 7.99. The minimum absolute atomic E-state index is 0.528. The third-order valence-electron chi connectivity index (χ3n) is 1.99. The summed E-state index contributed by atoms with van der Waals surface area (Å²) < 4.78 is 0. The predicted molar refractivity (Wildman–Crippen MR) is 63.0 cm³/mol. The molecule has 4 nitrogen and oxygen atoms in total. The van der Waals surface area contributed by atoms with Crippen LogP contribution in [0.5, 0.6) is 0 Å². The fourth-order valence-corrected chi connectivity index (χ4v) is 2.17. The van der Waals surface area contributed by atoms with Gasteiger partial charge in [-0.2, -0.15) is 0 Å². The van der Waals surface area contributed by atoms with Crippen LogP contribution in [0.3, 0.4) is 0 Å². The Bertz CT molecular complexity index is 473. The van der Waals surface area contributed by atoms with Crippen LogP contribution in [-0.2, 0) is 6.54 Å². The van der Waals surface area contributed by atoms with Crippen LogP contribution in [0.4, 0.5) is 0 Å². The Morgan fingerprint density at radius 2 is 2.19 bits per heavy atom. The third kappa shape index (κ3) is 2.77. The molecule has 0 saturated carbocycles. The zero-order valence-electron chi connectivity index (χ0n) is 8.92. The lowest BCUT2D eigenvalue weighted by atomic mass is 10.2. The van der Waals surface area contributed by atoms with E-state index in [4.69, 9.17) is 5.73 Å². The molecule has 2 heterocycles. The lowest BCUT2D eigenvalue weighted by Gasteiger charge is -2.04. The summed E-state index contributed by atoms with van der Waals surface area (Å²) >= 11 is 1.51. The van der Waals surface area contributed by atoms with Crippen molar-refractivity contribution >= 4 is 11.8 Å². The summed E-state index contributed by atoms with van der Waals surface area (Å²) in [6.07, 6.45) is 3.25. The number of pyridine rings is 1. The van der Waals surface area contributed by atoms with Gasteiger partial charge in [-0.1, -0.05) is 0 Å². The molecule has 0 bridgehead atoms. The van der Waals surface area contributed by atoms with Gasteiger partial charge in [0.1, 0.15) is 16.4 Å². The van der Waals surface area contributed by atoms with E-state index in [9.17, 15) is 0 Å². The lowest BCUT2D eigenvalue weighted by Crippen LogP contribution is -1.98. The smallest absolute Gasteiger partial charge is 0.116 e. The number of hydrogen-bond acceptors (Lipinski definition) is 5. The summed E-state index contributed by atoms with van der Waals surface area (Å²) in [7, 11) is 0. The molecule has 0 unspecified atom stereocenters. The van der Waals surface area contributed by atoms with Gasteiger partial charge in [-0.25, -0.2) is 15.0 Å². The average molecular weight is 232 g/mol. The number of nitrogens with two attached hydrogens (primary N) is 1. The van der Waals surface area contributed by atoms with E-state index >= 15 is 0 Å². The Kier molecular flexibility index (Phi) is 3.48. The van der Waals surface area contributed by atoms with Gasteiger partial charge in [0.2, 0.25) is 0 Å². The second kappa shape index (κ2) is 5.05. The number of nitrogens with zero attached hydrogens (tertiary/aromatic N) is 3. The van der Waals surface area contributed by atoms with Crippen molar-refractivity contribution in [2.24, 2.45) is 5.73 Å². The second-order valence-electron chi connectivity index (χ2n) is 3.31. The minimum Gasteiger partial charge on any atom is -0.326 e. The molecule has 0 aromatic carbocycles. The molecule has 0 radical (unpaired) electrons. The molecule has 2 aromatic rings. The molecule has 0 amide bonds. The number of aryl methyl sites for hydroxylation is 1. The van der Waals surface area contributed by atoms with E-state index in [1.54, 1.807) is 6.20 Å². The Balaban J connectivity index is 2.24. The van der Waals surface area contributed by atoms with Crippen LogP contribution in [0.1, 0.15) is 11.3 Å².